The third-order valence-electron chi connectivity index (χ3n) is 3.56. The number of aryl methyl sites for hydroxylation is 1. The fraction of sp³-hybridized carbons (Fsp3) is 0.278. The van der Waals surface area contributed by atoms with Gasteiger partial charge in [-0.15, -0.1) is 0 Å². The fourth-order valence-electron chi connectivity index (χ4n) is 2.03. The molecule has 2 aromatic carbocycles. The third kappa shape index (κ3) is 4.58. The van der Waals surface area contributed by atoms with E-state index in [1.807, 2.05) is 31.2 Å². The van der Waals surface area contributed by atoms with Crippen molar-refractivity contribution in [2.45, 2.75) is 31.8 Å². The lowest BCUT2D eigenvalue weighted by Crippen LogP contribution is -2.30. The summed E-state index contributed by atoms with van der Waals surface area (Å²) < 4.78 is 29.1. The highest BCUT2D eigenvalue weighted by atomic mass is 32.2. The van der Waals surface area contributed by atoms with E-state index in [-0.39, 0.29) is 16.6 Å². The molecular formula is C18H21NO4S. The number of benzene rings is 2. The minimum atomic E-state index is -3.24. The van der Waals surface area contributed by atoms with Crippen molar-refractivity contribution in [3.8, 4) is 5.75 Å². The van der Waals surface area contributed by atoms with Crippen molar-refractivity contribution >= 4 is 21.4 Å². The molecule has 0 aliphatic carbocycles. The predicted molar refractivity (Wildman–Crippen MR) is 94.1 cm³/mol. The van der Waals surface area contributed by atoms with Crippen LogP contribution in [-0.2, 0) is 14.6 Å². The molecule has 0 aliphatic rings. The van der Waals surface area contributed by atoms with Gasteiger partial charge >= 0.3 is 0 Å². The van der Waals surface area contributed by atoms with Crippen LogP contribution >= 0.6 is 0 Å². The number of sulfone groups is 1. The molecule has 1 unspecified atom stereocenters. The summed E-state index contributed by atoms with van der Waals surface area (Å²) in [6.07, 6.45) is -0.674. The van der Waals surface area contributed by atoms with Crippen LogP contribution in [0.25, 0.3) is 0 Å². The number of carbonyl (C=O) groups excluding carboxylic acids is 1. The van der Waals surface area contributed by atoms with Gasteiger partial charge in [-0.2, -0.15) is 0 Å². The molecule has 128 valence electrons. The molecule has 0 aromatic heterocycles. The second-order valence-electron chi connectivity index (χ2n) is 5.49. The van der Waals surface area contributed by atoms with Gasteiger partial charge < -0.3 is 10.1 Å². The summed E-state index contributed by atoms with van der Waals surface area (Å²) in [6.45, 7) is 5.22. The molecule has 0 radical (unpaired) electrons. The van der Waals surface area contributed by atoms with Gasteiger partial charge in [0.15, 0.2) is 15.9 Å². The molecule has 0 aliphatic heterocycles. The van der Waals surface area contributed by atoms with Crippen LogP contribution < -0.4 is 10.1 Å². The van der Waals surface area contributed by atoms with Crippen LogP contribution in [0.1, 0.15) is 19.4 Å². The highest BCUT2D eigenvalue weighted by Gasteiger charge is 2.16. The SMILES string of the molecule is CCS(=O)(=O)c1ccc(NC(=O)C(C)Oc2ccc(C)cc2)cc1. The van der Waals surface area contributed by atoms with Gasteiger partial charge in [0.2, 0.25) is 0 Å². The molecule has 1 N–H and O–H groups in total. The normalized spacial score (nSPS) is 12.5. The number of hydrogen-bond donors (Lipinski definition) is 1. The van der Waals surface area contributed by atoms with Gasteiger partial charge in [0, 0.05) is 5.69 Å². The largest absolute Gasteiger partial charge is 0.481 e. The Morgan fingerprint density at radius 1 is 1.08 bits per heavy atom. The molecule has 0 bridgehead atoms. The van der Waals surface area contributed by atoms with Crippen molar-refractivity contribution in [1.29, 1.82) is 0 Å². The smallest absolute Gasteiger partial charge is 0.265 e. The van der Waals surface area contributed by atoms with E-state index < -0.39 is 15.9 Å². The lowest BCUT2D eigenvalue weighted by molar-refractivity contribution is -0.122. The molecule has 2 rings (SSSR count). The Morgan fingerprint density at radius 3 is 2.21 bits per heavy atom. The number of anilines is 1. The topological polar surface area (TPSA) is 72.5 Å². The van der Waals surface area contributed by atoms with E-state index in [1.54, 1.807) is 26.0 Å². The van der Waals surface area contributed by atoms with Crippen molar-refractivity contribution in [1.82, 2.24) is 0 Å². The van der Waals surface area contributed by atoms with E-state index in [2.05, 4.69) is 5.32 Å². The number of nitrogens with one attached hydrogen (secondary N) is 1. The van der Waals surface area contributed by atoms with Crippen LogP contribution in [0.15, 0.2) is 53.4 Å². The molecule has 1 atom stereocenters. The minimum Gasteiger partial charge on any atom is -0.481 e. The van der Waals surface area contributed by atoms with Crippen molar-refractivity contribution in [3.05, 3.63) is 54.1 Å². The molecule has 0 heterocycles. The Labute approximate surface area is 142 Å². The zero-order chi connectivity index (χ0) is 17.7. The zero-order valence-electron chi connectivity index (χ0n) is 13.9. The van der Waals surface area contributed by atoms with Gasteiger partial charge in [0.1, 0.15) is 5.75 Å². The summed E-state index contributed by atoms with van der Waals surface area (Å²) in [5.41, 5.74) is 1.64. The zero-order valence-corrected chi connectivity index (χ0v) is 14.8. The molecule has 1 amide bonds. The average molecular weight is 347 g/mol. The van der Waals surface area contributed by atoms with E-state index in [0.29, 0.717) is 11.4 Å². The minimum absolute atomic E-state index is 0.0418. The van der Waals surface area contributed by atoms with E-state index in [4.69, 9.17) is 4.74 Å². The lowest BCUT2D eigenvalue weighted by Gasteiger charge is -2.15. The Morgan fingerprint density at radius 2 is 1.67 bits per heavy atom. The Balaban J connectivity index is 1.99. The second-order valence-corrected chi connectivity index (χ2v) is 7.77. The molecule has 0 saturated heterocycles. The van der Waals surface area contributed by atoms with E-state index in [1.165, 1.54) is 12.1 Å². The molecule has 0 saturated carbocycles. The molecule has 0 spiro atoms. The maximum absolute atomic E-state index is 12.2. The summed E-state index contributed by atoms with van der Waals surface area (Å²) in [5.74, 6) is 0.356. The van der Waals surface area contributed by atoms with Crippen molar-refractivity contribution in [2.75, 3.05) is 11.1 Å². The number of hydrogen-bond acceptors (Lipinski definition) is 4. The predicted octanol–water partition coefficient (Wildman–Crippen LogP) is 3.19. The summed E-state index contributed by atoms with van der Waals surface area (Å²) in [7, 11) is -3.24. The summed E-state index contributed by atoms with van der Waals surface area (Å²) >= 11 is 0. The highest BCUT2D eigenvalue weighted by molar-refractivity contribution is 7.91. The quantitative estimate of drug-likeness (QED) is 0.871. The first kappa shape index (κ1) is 18.0. The van der Waals surface area contributed by atoms with Gasteiger partial charge in [0.05, 0.1) is 10.6 Å². The average Bonchev–Trinajstić information content (AvgIpc) is 2.57. The number of ether oxygens (including phenoxy) is 1. The lowest BCUT2D eigenvalue weighted by atomic mass is 10.2. The third-order valence-corrected chi connectivity index (χ3v) is 5.31. The number of amides is 1. The number of carbonyl (C=O) groups is 1. The Hall–Kier alpha value is -2.34. The maximum atomic E-state index is 12.2. The van der Waals surface area contributed by atoms with Gasteiger partial charge in [-0.3, -0.25) is 4.79 Å². The maximum Gasteiger partial charge on any atom is 0.265 e. The van der Waals surface area contributed by atoms with E-state index in [9.17, 15) is 13.2 Å². The first-order valence-electron chi connectivity index (χ1n) is 7.69. The Bertz CT molecular complexity index is 796. The standard InChI is InChI=1S/C18H21NO4S/c1-4-24(21,22)17-11-7-15(8-12-17)19-18(20)14(3)23-16-9-5-13(2)6-10-16/h5-12,14H,4H2,1-3H3,(H,19,20). The summed E-state index contributed by atoms with van der Waals surface area (Å²) in [5, 5.41) is 2.71. The van der Waals surface area contributed by atoms with Crippen LogP contribution in [-0.4, -0.2) is 26.2 Å². The summed E-state index contributed by atoms with van der Waals surface area (Å²) in [6, 6.07) is 13.5. The Kier molecular flexibility index (Phi) is 5.62. The second kappa shape index (κ2) is 7.49. The van der Waals surface area contributed by atoms with Crippen LogP contribution in [0.2, 0.25) is 0 Å². The van der Waals surface area contributed by atoms with Crippen LogP contribution in [0, 0.1) is 6.92 Å². The first-order valence-corrected chi connectivity index (χ1v) is 9.34. The van der Waals surface area contributed by atoms with Crippen molar-refractivity contribution in [3.63, 3.8) is 0 Å². The van der Waals surface area contributed by atoms with Gasteiger partial charge in [-0.1, -0.05) is 24.6 Å². The van der Waals surface area contributed by atoms with Gasteiger partial charge in [-0.25, -0.2) is 8.42 Å². The molecule has 5 nitrogen and oxygen atoms in total. The van der Waals surface area contributed by atoms with Gasteiger partial charge in [0.25, 0.3) is 5.91 Å². The summed E-state index contributed by atoms with van der Waals surface area (Å²) in [4.78, 5) is 12.4. The molecule has 6 heteroatoms. The molecule has 0 fully saturated rings. The fourth-order valence-corrected chi connectivity index (χ4v) is 2.91. The first-order chi connectivity index (χ1) is 11.3. The number of rotatable bonds is 6. The molecular weight excluding hydrogens is 326 g/mol. The van der Waals surface area contributed by atoms with Crippen LogP contribution in [0.4, 0.5) is 5.69 Å². The molecule has 24 heavy (non-hydrogen) atoms. The highest BCUT2D eigenvalue weighted by Crippen LogP contribution is 2.17. The van der Waals surface area contributed by atoms with E-state index in [0.717, 1.165) is 5.56 Å². The van der Waals surface area contributed by atoms with Gasteiger partial charge in [-0.05, 0) is 50.2 Å². The van der Waals surface area contributed by atoms with Crippen LogP contribution in [0.5, 0.6) is 5.75 Å². The van der Waals surface area contributed by atoms with E-state index >= 15 is 0 Å². The van der Waals surface area contributed by atoms with Crippen molar-refractivity contribution in [2.24, 2.45) is 0 Å². The van der Waals surface area contributed by atoms with Crippen LogP contribution in [0.3, 0.4) is 0 Å². The van der Waals surface area contributed by atoms with Crippen molar-refractivity contribution < 1.29 is 17.9 Å². The monoisotopic (exact) mass is 347 g/mol. The molecule has 2 aromatic rings.